The molecule has 0 radical (unpaired) electrons. The fraction of sp³-hybridized carbons (Fsp3) is 0.500. The first-order valence-electron chi connectivity index (χ1n) is 2.97. The molecule has 0 N–H and O–H groups in total. The highest BCUT2D eigenvalue weighted by Crippen LogP contribution is 2.14. The van der Waals surface area contributed by atoms with Crippen LogP contribution in [0.1, 0.15) is 11.3 Å². The molecule has 3 nitrogen and oxygen atoms in total. The van der Waals surface area contributed by atoms with Crippen molar-refractivity contribution in [2.75, 3.05) is 6.61 Å². The Hall–Kier alpha value is -0.830. The van der Waals surface area contributed by atoms with E-state index in [4.69, 9.17) is 9.26 Å². The Bertz CT molecular complexity index is 186. The summed E-state index contributed by atoms with van der Waals surface area (Å²) in [6.07, 6.45) is 2.59. The second kappa shape index (κ2) is 1.84. The highest BCUT2D eigenvalue weighted by Gasteiger charge is 2.12. The van der Waals surface area contributed by atoms with Gasteiger partial charge in [0.25, 0.3) is 0 Å². The molecule has 1 aliphatic heterocycles. The molecule has 0 unspecified atom stereocenters. The molecule has 48 valence electrons. The van der Waals surface area contributed by atoms with Crippen LogP contribution in [0.5, 0.6) is 0 Å². The second-order valence-electron chi connectivity index (χ2n) is 2.08. The van der Waals surface area contributed by atoms with E-state index in [-0.39, 0.29) is 0 Å². The average molecular weight is 125 g/mol. The van der Waals surface area contributed by atoms with Gasteiger partial charge in [0.1, 0.15) is 5.76 Å². The summed E-state index contributed by atoms with van der Waals surface area (Å²) in [6.45, 7) is 1.43. The minimum absolute atomic E-state index is 0.666. The van der Waals surface area contributed by atoms with E-state index in [1.807, 2.05) is 0 Å². The quantitative estimate of drug-likeness (QED) is 0.513. The van der Waals surface area contributed by atoms with Gasteiger partial charge in [0.05, 0.1) is 19.4 Å². The lowest BCUT2D eigenvalue weighted by Crippen LogP contribution is -2.06. The number of hydrogen-bond donors (Lipinski definition) is 0. The largest absolute Gasteiger partial charge is 0.376 e. The van der Waals surface area contributed by atoms with Gasteiger partial charge >= 0.3 is 0 Å². The maximum Gasteiger partial charge on any atom is 0.144 e. The first-order chi connectivity index (χ1) is 4.47. The van der Waals surface area contributed by atoms with Crippen molar-refractivity contribution in [2.24, 2.45) is 0 Å². The van der Waals surface area contributed by atoms with Crippen LogP contribution < -0.4 is 0 Å². The van der Waals surface area contributed by atoms with Crippen LogP contribution >= 0.6 is 0 Å². The molecule has 2 rings (SSSR count). The van der Waals surface area contributed by atoms with Gasteiger partial charge in [-0.2, -0.15) is 0 Å². The second-order valence-corrected chi connectivity index (χ2v) is 2.08. The molecule has 1 aliphatic rings. The van der Waals surface area contributed by atoms with Crippen molar-refractivity contribution < 1.29 is 9.26 Å². The normalized spacial score (nSPS) is 17.3. The predicted octanol–water partition coefficient (Wildman–Crippen LogP) is 0.747. The lowest BCUT2D eigenvalue weighted by Gasteiger charge is -2.07. The molecule has 0 atom stereocenters. The summed E-state index contributed by atoms with van der Waals surface area (Å²) in [5.41, 5.74) is 1.10. The van der Waals surface area contributed by atoms with Crippen LogP contribution in [0.3, 0.4) is 0 Å². The van der Waals surface area contributed by atoms with E-state index in [9.17, 15) is 0 Å². The lowest BCUT2D eigenvalue weighted by molar-refractivity contribution is 0.103. The van der Waals surface area contributed by atoms with Crippen molar-refractivity contribution in [1.29, 1.82) is 0 Å². The molecule has 1 aromatic heterocycles. The summed E-state index contributed by atoms with van der Waals surface area (Å²) in [7, 11) is 0. The third kappa shape index (κ3) is 0.733. The number of nitrogens with zero attached hydrogens (tertiary/aromatic N) is 1. The Morgan fingerprint density at radius 1 is 1.56 bits per heavy atom. The molecule has 1 aromatic rings. The molecule has 0 fully saturated rings. The summed E-state index contributed by atoms with van der Waals surface area (Å²) in [6, 6.07) is 0. The van der Waals surface area contributed by atoms with Crippen LogP contribution in [0.15, 0.2) is 10.7 Å². The van der Waals surface area contributed by atoms with Gasteiger partial charge in [-0.05, 0) is 0 Å². The summed E-state index contributed by atoms with van der Waals surface area (Å²) in [5.74, 6) is 0.987. The van der Waals surface area contributed by atoms with E-state index in [2.05, 4.69) is 5.16 Å². The maximum absolute atomic E-state index is 5.15. The average Bonchev–Trinajstić information content (AvgIpc) is 2.33. The van der Waals surface area contributed by atoms with Crippen LogP contribution in [0.4, 0.5) is 0 Å². The zero-order valence-corrected chi connectivity index (χ0v) is 4.96. The van der Waals surface area contributed by atoms with Crippen molar-refractivity contribution in [1.82, 2.24) is 5.16 Å². The van der Waals surface area contributed by atoms with Crippen molar-refractivity contribution in [3.05, 3.63) is 17.5 Å². The topological polar surface area (TPSA) is 35.3 Å². The molecule has 9 heavy (non-hydrogen) atoms. The molecular formula is C6H7NO2. The summed E-state index contributed by atoms with van der Waals surface area (Å²) < 4.78 is 10.1. The van der Waals surface area contributed by atoms with Crippen molar-refractivity contribution >= 4 is 0 Å². The van der Waals surface area contributed by atoms with E-state index in [0.717, 1.165) is 24.4 Å². The Morgan fingerprint density at radius 3 is 3.44 bits per heavy atom. The van der Waals surface area contributed by atoms with Gasteiger partial charge in [0.2, 0.25) is 0 Å². The Kier molecular flexibility index (Phi) is 1.02. The third-order valence-electron chi connectivity index (χ3n) is 1.46. The van der Waals surface area contributed by atoms with Gasteiger partial charge in [-0.25, -0.2) is 0 Å². The molecule has 2 heterocycles. The first-order valence-corrected chi connectivity index (χ1v) is 2.97. The zero-order chi connectivity index (χ0) is 6.10. The Balaban J connectivity index is 2.39. The van der Waals surface area contributed by atoms with Crippen molar-refractivity contribution in [3.63, 3.8) is 0 Å². The predicted molar refractivity (Wildman–Crippen MR) is 29.9 cm³/mol. The molecule has 0 aromatic carbocycles. The first kappa shape index (κ1) is 4.99. The summed E-state index contributed by atoms with van der Waals surface area (Å²) >= 11 is 0. The Morgan fingerprint density at radius 2 is 2.56 bits per heavy atom. The number of rotatable bonds is 0. The standard InChI is InChI=1S/C6H7NO2/c1-2-8-4-5-3-7-9-6(1)5/h3H,1-2,4H2. The smallest absolute Gasteiger partial charge is 0.144 e. The van der Waals surface area contributed by atoms with Crippen LogP contribution in [-0.2, 0) is 17.8 Å². The monoisotopic (exact) mass is 125 g/mol. The molecule has 0 saturated heterocycles. The number of ether oxygens (including phenoxy) is 1. The number of aromatic nitrogens is 1. The van der Waals surface area contributed by atoms with Gasteiger partial charge in [-0.3, -0.25) is 0 Å². The van der Waals surface area contributed by atoms with Gasteiger partial charge in [0.15, 0.2) is 0 Å². The highest BCUT2D eigenvalue weighted by molar-refractivity contribution is 5.13. The molecule has 0 saturated carbocycles. The van der Waals surface area contributed by atoms with Crippen molar-refractivity contribution in [2.45, 2.75) is 13.0 Å². The summed E-state index contributed by atoms with van der Waals surface area (Å²) in [5, 5.41) is 3.65. The fourth-order valence-corrected chi connectivity index (χ4v) is 0.955. The van der Waals surface area contributed by atoms with E-state index in [1.165, 1.54) is 0 Å². The maximum atomic E-state index is 5.15. The lowest BCUT2D eigenvalue weighted by atomic mass is 10.2. The van der Waals surface area contributed by atoms with Crippen molar-refractivity contribution in [3.8, 4) is 0 Å². The third-order valence-corrected chi connectivity index (χ3v) is 1.46. The number of hydrogen-bond acceptors (Lipinski definition) is 3. The van der Waals surface area contributed by atoms with E-state index < -0.39 is 0 Å². The SMILES string of the molecule is c1noc2c1COCC2. The number of fused-ring (bicyclic) bond motifs is 1. The minimum Gasteiger partial charge on any atom is -0.376 e. The van der Waals surface area contributed by atoms with E-state index in [0.29, 0.717) is 6.61 Å². The summed E-state index contributed by atoms with van der Waals surface area (Å²) in [4.78, 5) is 0. The molecule has 0 aliphatic carbocycles. The molecule has 3 heteroatoms. The van der Waals surface area contributed by atoms with E-state index in [1.54, 1.807) is 6.20 Å². The van der Waals surface area contributed by atoms with Crippen LogP contribution in [-0.4, -0.2) is 11.8 Å². The zero-order valence-electron chi connectivity index (χ0n) is 4.96. The van der Waals surface area contributed by atoms with Gasteiger partial charge in [0, 0.05) is 12.0 Å². The van der Waals surface area contributed by atoms with Gasteiger partial charge < -0.3 is 9.26 Å². The van der Waals surface area contributed by atoms with Crippen LogP contribution in [0.25, 0.3) is 0 Å². The molecule has 0 spiro atoms. The van der Waals surface area contributed by atoms with Crippen LogP contribution in [0.2, 0.25) is 0 Å². The minimum atomic E-state index is 0.666. The Labute approximate surface area is 52.6 Å². The van der Waals surface area contributed by atoms with Gasteiger partial charge in [-0.1, -0.05) is 5.16 Å². The molecule has 0 amide bonds. The van der Waals surface area contributed by atoms with Crippen LogP contribution in [0, 0.1) is 0 Å². The van der Waals surface area contributed by atoms with Gasteiger partial charge in [-0.15, -0.1) is 0 Å². The molecular weight excluding hydrogens is 118 g/mol. The highest BCUT2D eigenvalue weighted by atomic mass is 16.5. The molecule has 0 bridgehead atoms. The van der Waals surface area contributed by atoms with E-state index >= 15 is 0 Å². The fourth-order valence-electron chi connectivity index (χ4n) is 0.955.